The van der Waals surface area contributed by atoms with Gasteiger partial charge in [0.1, 0.15) is 11.9 Å². The lowest BCUT2D eigenvalue weighted by molar-refractivity contribution is -0.123. The summed E-state index contributed by atoms with van der Waals surface area (Å²) in [5.41, 5.74) is 3.91. The molecule has 0 saturated heterocycles. The summed E-state index contributed by atoms with van der Waals surface area (Å²) in [6, 6.07) is 23.0. The Hall–Kier alpha value is -4.31. The van der Waals surface area contributed by atoms with E-state index in [1.54, 1.807) is 35.9 Å². The Balaban J connectivity index is 1.20. The molecule has 228 valence electrons. The van der Waals surface area contributed by atoms with Crippen molar-refractivity contribution in [1.29, 1.82) is 0 Å². The van der Waals surface area contributed by atoms with Crippen LogP contribution in [0.2, 0.25) is 0 Å². The molecule has 0 spiro atoms. The minimum Gasteiger partial charge on any atom is -0.348 e. The van der Waals surface area contributed by atoms with Gasteiger partial charge in [-0.05, 0) is 84.3 Å². The van der Waals surface area contributed by atoms with Crippen molar-refractivity contribution in [2.75, 3.05) is 6.54 Å². The van der Waals surface area contributed by atoms with Crippen LogP contribution in [0.15, 0.2) is 90.6 Å². The molecule has 0 bridgehead atoms. The molecule has 0 fully saturated rings. The van der Waals surface area contributed by atoms with Crippen LogP contribution in [0.3, 0.4) is 0 Å². The number of carbonyl (C=O) groups is 2. The number of rotatable bonds is 15. The summed E-state index contributed by atoms with van der Waals surface area (Å²) in [5.74, 6) is 0.420. The Morgan fingerprint density at radius 2 is 1.73 bits per heavy atom. The van der Waals surface area contributed by atoms with Crippen molar-refractivity contribution in [3.05, 3.63) is 124 Å². The Morgan fingerprint density at radius 3 is 2.50 bits per heavy atom. The van der Waals surface area contributed by atoms with E-state index in [4.69, 9.17) is 0 Å². The SMILES string of the molecule is Cc1ccsc1CNCCC[C@H](NC(=O)c1ccc(CNCc2ncc[nH]2)cc1)C(=O)N[C@@H](C)c1cccc2ccccc12. The van der Waals surface area contributed by atoms with Crippen molar-refractivity contribution in [3.63, 3.8) is 0 Å². The number of fused-ring (bicyclic) bond motifs is 1. The first-order valence-electron chi connectivity index (χ1n) is 15.1. The van der Waals surface area contributed by atoms with E-state index in [0.717, 1.165) is 47.2 Å². The molecule has 5 aromatic rings. The highest BCUT2D eigenvalue weighted by molar-refractivity contribution is 7.10. The van der Waals surface area contributed by atoms with Crippen LogP contribution in [0.25, 0.3) is 10.8 Å². The van der Waals surface area contributed by atoms with Crippen LogP contribution < -0.4 is 21.3 Å². The first-order chi connectivity index (χ1) is 21.5. The lowest BCUT2D eigenvalue weighted by Gasteiger charge is -2.23. The van der Waals surface area contributed by atoms with Gasteiger partial charge < -0.3 is 26.3 Å². The molecule has 0 aliphatic heterocycles. The van der Waals surface area contributed by atoms with Crippen LogP contribution in [0, 0.1) is 6.92 Å². The van der Waals surface area contributed by atoms with Gasteiger partial charge in [0, 0.05) is 35.9 Å². The lowest BCUT2D eigenvalue weighted by atomic mass is 9.99. The molecular formula is C35H40N6O2S. The maximum absolute atomic E-state index is 13.6. The van der Waals surface area contributed by atoms with E-state index in [9.17, 15) is 9.59 Å². The van der Waals surface area contributed by atoms with Crippen LogP contribution in [-0.2, 0) is 24.4 Å². The summed E-state index contributed by atoms with van der Waals surface area (Å²) in [5, 5.41) is 17.3. The van der Waals surface area contributed by atoms with Gasteiger partial charge >= 0.3 is 0 Å². The summed E-state index contributed by atoms with van der Waals surface area (Å²) in [4.78, 5) is 35.6. The third kappa shape index (κ3) is 8.41. The fourth-order valence-electron chi connectivity index (χ4n) is 5.24. The zero-order valence-corrected chi connectivity index (χ0v) is 26.0. The summed E-state index contributed by atoms with van der Waals surface area (Å²) in [6.07, 6.45) is 4.78. The molecule has 5 N–H and O–H groups in total. The molecule has 8 nitrogen and oxygen atoms in total. The summed E-state index contributed by atoms with van der Waals surface area (Å²) >= 11 is 1.74. The fraction of sp³-hybridized carbons (Fsp3) is 0.286. The van der Waals surface area contributed by atoms with Crippen molar-refractivity contribution in [2.45, 2.75) is 58.4 Å². The van der Waals surface area contributed by atoms with Crippen molar-refractivity contribution in [3.8, 4) is 0 Å². The molecule has 9 heteroatoms. The maximum atomic E-state index is 13.6. The monoisotopic (exact) mass is 608 g/mol. The smallest absolute Gasteiger partial charge is 0.251 e. The fourth-order valence-corrected chi connectivity index (χ4v) is 6.12. The predicted molar refractivity (Wildman–Crippen MR) is 177 cm³/mol. The van der Waals surface area contributed by atoms with Crippen LogP contribution in [-0.4, -0.2) is 34.4 Å². The van der Waals surface area contributed by atoms with Crippen molar-refractivity contribution in [2.24, 2.45) is 0 Å². The highest BCUT2D eigenvalue weighted by Crippen LogP contribution is 2.24. The molecule has 5 rings (SSSR count). The normalized spacial score (nSPS) is 12.6. The molecule has 0 unspecified atom stereocenters. The van der Waals surface area contributed by atoms with E-state index in [2.05, 4.69) is 67.8 Å². The Labute approximate surface area is 262 Å². The first-order valence-corrected chi connectivity index (χ1v) is 16.0. The van der Waals surface area contributed by atoms with E-state index < -0.39 is 6.04 Å². The summed E-state index contributed by atoms with van der Waals surface area (Å²) in [7, 11) is 0. The van der Waals surface area contributed by atoms with Crippen LogP contribution in [0.4, 0.5) is 0 Å². The van der Waals surface area contributed by atoms with Gasteiger partial charge in [-0.1, -0.05) is 54.6 Å². The molecule has 0 radical (unpaired) electrons. The average Bonchev–Trinajstić information content (AvgIpc) is 3.71. The van der Waals surface area contributed by atoms with Gasteiger partial charge in [0.05, 0.1) is 12.6 Å². The maximum Gasteiger partial charge on any atom is 0.251 e. The Kier molecular flexibility index (Phi) is 10.9. The Bertz CT molecular complexity index is 1640. The van der Waals surface area contributed by atoms with E-state index in [-0.39, 0.29) is 17.9 Å². The minimum atomic E-state index is -0.667. The highest BCUT2D eigenvalue weighted by atomic mass is 32.1. The van der Waals surface area contributed by atoms with Crippen molar-refractivity contribution < 1.29 is 9.59 Å². The van der Waals surface area contributed by atoms with Gasteiger partial charge in [-0.15, -0.1) is 11.3 Å². The van der Waals surface area contributed by atoms with Gasteiger partial charge in [0.2, 0.25) is 5.91 Å². The van der Waals surface area contributed by atoms with Gasteiger partial charge in [0.25, 0.3) is 5.91 Å². The number of aromatic amines is 1. The lowest BCUT2D eigenvalue weighted by Crippen LogP contribution is -2.47. The number of thiophene rings is 1. The van der Waals surface area contributed by atoms with E-state index >= 15 is 0 Å². The number of nitrogens with one attached hydrogen (secondary N) is 5. The predicted octanol–water partition coefficient (Wildman–Crippen LogP) is 5.77. The van der Waals surface area contributed by atoms with E-state index in [1.807, 2.05) is 43.3 Å². The number of H-pyrrole nitrogens is 1. The number of imidazole rings is 1. The van der Waals surface area contributed by atoms with Gasteiger partial charge in [-0.2, -0.15) is 0 Å². The zero-order valence-electron chi connectivity index (χ0n) is 25.2. The molecular weight excluding hydrogens is 568 g/mol. The highest BCUT2D eigenvalue weighted by Gasteiger charge is 2.23. The standard InChI is InChI=1S/C35H40N6O2S/c1-24-16-20-44-32(24)22-36-17-6-11-31(35(43)40-25(2)29-10-5-8-27-7-3-4-9-30(27)29)41-34(42)28-14-12-26(13-15-28)21-37-23-33-38-18-19-39-33/h3-5,7-10,12-16,18-20,25,31,36-37H,6,11,17,21-23H2,1-2H3,(H,38,39)(H,40,43)(H,41,42)/t25-,31-/m0/s1. The van der Waals surface area contributed by atoms with Crippen LogP contribution >= 0.6 is 11.3 Å². The van der Waals surface area contributed by atoms with E-state index in [0.29, 0.717) is 25.1 Å². The number of aromatic nitrogens is 2. The number of nitrogens with zero attached hydrogens (tertiary/aromatic N) is 1. The van der Waals surface area contributed by atoms with Gasteiger partial charge in [-0.3, -0.25) is 9.59 Å². The Morgan fingerprint density at radius 1 is 0.909 bits per heavy atom. The third-order valence-corrected chi connectivity index (χ3v) is 8.79. The van der Waals surface area contributed by atoms with Crippen LogP contribution in [0.1, 0.15) is 63.6 Å². The second-order valence-electron chi connectivity index (χ2n) is 11.0. The number of hydrogen-bond acceptors (Lipinski definition) is 6. The molecule has 3 aromatic carbocycles. The second-order valence-corrected chi connectivity index (χ2v) is 12.0. The molecule has 2 aromatic heterocycles. The zero-order chi connectivity index (χ0) is 30.7. The van der Waals surface area contributed by atoms with Crippen LogP contribution in [0.5, 0.6) is 0 Å². The minimum absolute atomic E-state index is 0.188. The molecule has 0 saturated carbocycles. The molecule has 2 atom stereocenters. The third-order valence-electron chi connectivity index (χ3n) is 7.76. The number of hydrogen-bond donors (Lipinski definition) is 5. The second kappa shape index (κ2) is 15.4. The average molecular weight is 609 g/mol. The van der Waals surface area contributed by atoms with E-state index in [1.165, 1.54) is 10.4 Å². The molecule has 2 heterocycles. The van der Waals surface area contributed by atoms with Gasteiger partial charge in [0.15, 0.2) is 0 Å². The first kappa shape index (κ1) is 31.1. The quantitative estimate of drug-likeness (QED) is 0.0970. The molecule has 44 heavy (non-hydrogen) atoms. The number of carbonyl (C=O) groups excluding carboxylic acids is 2. The van der Waals surface area contributed by atoms with Crippen molar-refractivity contribution >= 4 is 33.9 Å². The number of amides is 2. The number of benzene rings is 3. The molecule has 0 aliphatic rings. The largest absolute Gasteiger partial charge is 0.348 e. The van der Waals surface area contributed by atoms with Crippen molar-refractivity contribution in [1.82, 2.24) is 31.2 Å². The van der Waals surface area contributed by atoms with Gasteiger partial charge in [-0.25, -0.2) is 4.98 Å². The summed E-state index contributed by atoms with van der Waals surface area (Å²) in [6.45, 7) is 6.93. The summed E-state index contributed by atoms with van der Waals surface area (Å²) < 4.78 is 0. The molecule has 2 amide bonds. The topological polar surface area (TPSA) is 111 Å². The number of aryl methyl sites for hydroxylation is 1. The molecule has 0 aliphatic carbocycles.